The van der Waals surface area contributed by atoms with Gasteiger partial charge in [-0.25, -0.2) is 0 Å². The Hall–Kier alpha value is -2.23. The summed E-state index contributed by atoms with van der Waals surface area (Å²) in [5.41, 5.74) is 0.366. The Bertz CT molecular complexity index is 653. The second-order valence-corrected chi connectivity index (χ2v) is 6.86. The van der Waals surface area contributed by atoms with E-state index in [0.29, 0.717) is 12.2 Å². The van der Waals surface area contributed by atoms with Gasteiger partial charge in [0.25, 0.3) is 0 Å². The van der Waals surface area contributed by atoms with Gasteiger partial charge in [0.2, 0.25) is 0 Å². The van der Waals surface area contributed by atoms with Crippen LogP contribution in [0.25, 0.3) is 6.08 Å². The van der Waals surface area contributed by atoms with Crippen LogP contribution in [0.4, 0.5) is 0 Å². The number of aromatic hydroxyl groups is 2. The standard InChI is InChI=1S/C17H16O4Se/c18-14-7-8-16(19)13(12-14)6-9-17(20)21-10-11-22-15-4-2-1-3-5-15/h1-9,12,18-19H,10-11H2/b9-6+. The van der Waals surface area contributed by atoms with E-state index in [0.717, 1.165) is 5.32 Å². The van der Waals surface area contributed by atoms with Crippen LogP contribution in [0.2, 0.25) is 5.32 Å². The molecular formula is C17H16O4Se. The van der Waals surface area contributed by atoms with Gasteiger partial charge < -0.3 is 0 Å². The molecule has 0 spiro atoms. The van der Waals surface area contributed by atoms with Crippen molar-refractivity contribution < 1.29 is 19.7 Å². The van der Waals surface area contributed by atoms with Crippen molar-refractivity contribution in [1.29, 1.82) is 0 Å². The van der Waals surface area contributed by atoms with Crippen LogP contribution in [0.1, 0.15) is 5.56 Å². The number of hydrogen-bond acceptors (Lipinski definition) is 4. The second-order valence-electron chi connectivity index (χ2n) is 4.41. The fourth-order valence-corrected chi connectivity index (χ4v) is 3.28. The average Bonchev–Trinajstić information content (AvgIpc) is 2.53. The molecule has 2 N–H and O–H groups in total. The predicted octanol–water partition coefficient (Wildman–Crippen LogP) is 2.10. The van der Waals surface area contributed by atoms with Crippen molar-refractivity contribution in [3.63, 3.8) is 0 Å². The predicted molar refractivity (Wildman–Crippen MR) is 86.4 cm³/mol. The van der Waals surface area contributed by atoms with Crippen LogP contribution >= 0.6 is 0 Å². The quantitative estimate of drug-likeness (QED) is 0.271. The van der Waals surface area contributed by atoms with Crippen molar-refractivity contribution in [2.24, 2.45) is 0 Å². The molecule has 0 saturated heterocycles. The number of phenolic OH excluding ortho intramolecular Hbond substituents is 2. The summed E-state index contributed by atoms with van der Waals surface area (Å²) in [6, 6.07) is 14.2. The van der Waals surface area contributed by atoms with Gasteiger partial charge in [0.1, 0.15) is 0 Å². The maximum atomic E-state index is 11.6. The van der Waals surface area contributed by atoms with Crippen LogP contribution in [0.3, 0.4) is 0 Å². The molecule has 0 fully saturated rings. The van der Waals surface area contributed by atoms with Crippen molar-refractivity contribution in [3.05, 3.63) is 60.2 Å². The fraction of sp³-hybridized carbons (Fsp3) is 0.118. The summed E-state index contributed by atoms with van der Waals surface area (Å²) in [5, 5.41) is 19.7. The van der Waals surface area contributed by atoms with Crippen molar-refractivity contribution >= 4 is 31.5 Å². The third-order valence-electron chi connectivity index (χ3n) is 2.75. The maximum absolute atomic E-state index is 11.6. The van der Waals surface area contributed by atoms with E-state index in [4.69, 9.17) is 4.74 Å². The molecule has 2 aromatic rings. The SMILES string of the molecule is O=C(/C=C/c1cc(O)ccc1O)OCC[Se]c1ccccc1. The number of benzene rings is 2. The van der Waals surface area contributed by atoms with Crippen molar-refractivity contribution in [3.8, 4) is 11.5 Å². The first kappa shape index (κ1) is 16.1. The molecule has 4 nitrogen and oxygen atoms in total. The van der Waals surface area contributed by atoms with Gasteiger partial charge in [-0.1, -0.05) is 0 Å². The third kappa shape index (κ3) is 5.28. The molecular weight excluding hydrogens is 347 g/mol. The van der Waals surface area contributed by atoms with Crippen LogP contribution < -0.4 is 4.46 Å². The zero-order chi connectivity index (χ0) is 15.8. The van der Waals surface area contributed by atoms with Crippen LogP contribution in [-0.4, -0.2) is 37.7 Å². The molecule has 0 saturated carbocycles. The van der Waals surface area contributed by atoms with Crippen LogP contribution in [0.5, 0.6) is 11.5 Å². The van der Waals surface area contributed by atoms with E-state index in [9.17, 15) is 15.0 Å². The molecule has 0 amide bonds. The summed E-state index contributed by atoms with van der Waals surface area (Å²) in [4.78, 5) is 11.6. The average molecular weight is 363 g/mol. The van der Waals surface area contributed by atoms with E-state index in [1.54, 1.807) is 0 Å². The van der Waals surface area contributed by atoms with Crippen molar-refractivity contribution in [1.82, 2.24) is 0 Å². The molecule has 0 unspecified atom stereocenters. The van der Waals surface area contributed by atoms with Gasteiger partial charge in [0.05, 0.1) is 0 Å². The Morgan fingerprint density at radius 3 is 2.68 bits per heavy atom. The van der Waals surface area contributed by atoms with E-state index < -0.39 is 5.97 Å². The van der Waals surface area contributed by atoms with Gasteiger partial charge in [-0.05, 0) is 0 Å². The van der Waals surface area contributed by atoms with E-state index in [2.05, 4.69) is 12.1 Å². The molecule has 0 atom stereocenters. The number of carbonyl (C=O) groups is 1. The third-order valence-corrected chi connectivity index (χ3v) is 4.80. The summed E-state index contributed by atoms with van der Waals surface area (Å²) in [6.45, 7) is 0.365. The molecule has 114 valence electrons. The van der Waals surface area contributed by atoms with Crippen LogP contribution in [-0.2, 0) is 9.53 Å². The normalized spacial score (nSPS) is 10.7. The minimum atomic E-state index is -0.466. The Labute approximate surface area is 135 Å². The molecule has 5 heteroatoms. The first-order valence-corrected chi connectivity index (χ1v) is 8.76. The first-order chi connectivity index (χ1) is 10.6. The molecule has 0 aromatic heterocycles. The Kier molecular flexibility index (Phi) is 6.07. The van der Waals surface area contributed by atoms with Gasteiger partial charge in [0, 0.05) is 0 Å². The molecule has 0 heterocycles. The van der Waals surface area contributed by atoms with Crippen LogP contribution in [0, 0.1) is 0 Å². The second kappa shape index (κ2) is 8.27. The summed E-state index contributed by atoms with van der Waals surface area (Å²) < 4.78 is 6.37. The van der Waals surface area contributed by atoms with Crippen LogP contribution in [0.15, 0.2) is 54.6 Å². The molecule has 0 aliphatic carbocycles. The Balaban J connectivity index is 1.76. The summed E-state index contributed by atoms with van der Waals surface area (Å²) in [5.74, 6) is -0.447. The van der Waals surface area contributed by atoms with Gasteiger partial charge in [-0.15, -0.1) is 0 Å². The molecule has 22 heavy (non-hydrogen) atoms. The molecule has 2 aromatic carbocycles. The van der Waals surface area contributed by atoms with Gasteiger partial charge in [-0.2, -0.15) is 0 Å². The van der Waals surface area contributed by atoms with E-state index in [1.165, 1.54) is 34.8 Å². The molecule has 2 rings (SSSR count). The minimum absolute atomic E-state index is 0.00531. The molecule has 0 aliphatic heterocycles. The number of ether oxygens (including phenoxy) is 1. The molecule has 0 aliphatic rings. The van der Waals surface area contributed by atoms with Gasteiger partial charge >= 0.3 is 135 Å². The first-order valence-electron chi connectivity index (χ1n) is 6.70. The van der Waals surface area contributed by atoms with Gasteiger partial charge in [-0.3, -0.25) is 0 Å². The number of hydrogen-bond donors (Lipinski definition) is 2. The van der Waals surface area contributed by atoms with E-state index in [1.807, 2.05) is 18.2 Å². The zero-order valence-corrected chi connectivity index (χ0v) is 13.5. The fourth-order valence-electron chi connectivity index (χ4n) is 1.70. The number of carbonyl (C=O) groups excluding carboxylic acids is 1. The van der Waals surface area contributed by atoms with Crippen molar-refractivity contribution in [2.75, 3.05) is 6.61 Å². The van der Waals surface area contributed by atoms with E-state index in [-0.39, 0.29) is 26.5 Å². The van der Waals surface area contributed by atoms with Crippen molar-refractivity contribution in [2.45, 2.75) is 5.32 Å². The van der Waals surface area contributed by atoms with Gasteiger partial charge in [0.15, 0.2) is 0 Å². The number of esters is 1. The van der Waals surface area contributed by atoms with E-state index >= 15 is 0 Å². The molecule has 0 radical (unpaired) electrons. The Morgan fingerprint density at radius 2 is 1.91 bits per heavy atom. The number of phenols is 2. The Morgan fingerprint density at radius 1 is 1.14 bits per heavy atom. The zero-order valence-electron chi connectivity index (χ0n) is 11.8. The number of rotatable bonds is 6. The summed E-state index contributed by atoms with van der Waals surface area (Å²) in [6.07, 6.45) is 2.66. The summed E-state index contributed by atoms with van der Waals surface area (Å²) >= 11 is 0.286. The monoisotopic (exact) mass is 364 g/mol. The molecule has 0 bridgehead atoms. The summed E-state index contributed by atoms with van der Waals surface area (Å²) in [7, 11) is 0. The topological polar surface area (TPSA) is 66.8 Å².